The average Bonchev–Trinajstić information content (AvgIpc) is 2.99. The second-order valence-corrected chi connectivity index (χ2v) is 16.3. The number of allylic oxidation sites excluding steroid dienone is 1. The van der Waals surface area contributed by atoms with Crippen molar-refractivity contribution >= 4 is 34.0 Å². The number of hydrogen-bond donors (Lipinski definition) is 1. The normalized spacial score (nSPS) is 12.6. The van der Waals surface area contributed by atoms with Crippen LogP contribution in [0.25, 0.3) is 0 Å². The molecule has 0 heterocycles. The molecule has 0 radical (unpaired) electrons. The summed E-state index contributed by atoms with van der Waals surface area (Å²) >= 11 is 0. The Morgan fingerprint density at radius 3 is 1.70 bits per heavy atom. The lowest BCUT2D eigenvalue weighted by Gasteiger charge is -2.28. The number of hydrogen-bond acceptors (Lipinski definition) is 2. The van der Waals surface area contributed by atoms with Crippen molar-refractivity contribution in [1.82, 2.24) is 0 Å². The molecule has 0 aliphatic rings. The van der Waals surface area contributed by atoms with Crippen molar-refractivity contribution < 1.29 is 13.0 Å². The second-order valence-electron chi connectivity index (χ2n) is 12.8. The first kappa shape index (κ1) is 36.2. The lowest BCUT2D eigenvalue weighted by Crippen LogP contribution is -2.29. The summed E-state index contributed by atoms with van der Waals surface area (Å²) in [6, 6.07) is 20.8. The minimum atomic E-state index is -4.41. The summed E-state index contributed by atoms with van der Waals surface area (Å²) in [4.78, 5) is 0.0136. The van der Waals surface area contributed by atoms with E-state index in [4.69, 9.17) is 0 Å². The van der Waals surface area contributed by atoms with Gasteiger partial charge in [0, 0.05) is 5.30 Å². The van der Waals surface area contributed by atoms with Crippen LogP contribution < -0.4 is 15.9 Å². The molecule has 0 fully saturated rings. The van der Waals surface area contributed by atoms with Crippen molar-refractivity contribution in [2.75, 3.05) is 0 Å². The molecular formula is C39H55O3PS. The molecule has 1 atom stereocenters. The van der Waals surface area contributed by atoms with E-state index in [2.05, 4.69) is 77.6 Å². The summed E-state index contributed by atoms with van der Waals surface area (Å²) in [7, 11) is -5.66. The Morgan fingerprint density at radius 2 is 1.20 bits per heavy atom. The van der Waals surface area contributed by atoms with E-state index >= 15 is 0 Å². The van der Waals surface area contributed by atoms with Crippen molar-refractivity contribution in [3.8, 4) is 0 Å². The highest BCUT2D eigenvalue weighted by atomic mass is 32.2. The van der Waals surface area contributed by atoms with Gasteiger partial charge in [-0.05, 0) is 97.2 Å². The molecule has 1 N–H and O–H groups in total. The summed E-state index contributed by atoms with van der Waals surface area (Å²) in [5, 5.41) is 3.05. The van der Waals surface area contributed by atoms with Crippen LogP contribution in [0, 0.1) is 0 Å². The Morgan fingerprint density at radius 1 is 0.705 bits per heavy atom. The van der Waals surface area contributed by atoms with Gasteiger partial charge in [0.05, 0.1) is 0 Å². The van der Waals surface area contributed by atoms with Gasteiger partial charge < -0.3 is 0 Å². The van der Waals surface area contributed by atoms with Crippen LogP contribution in [0.3, 0.4) is 0 Å². The lowest BCUT2D eigenvalue weighted by molar-refractivity contribution is 0.484. The third kappa shape index (κ3) is 10.4. The van der Waals surface area contributed by atoms with Gasteiger partial charge in [-0.15, -0.1) is 6.58 Å². The van der Waals surface area contributed by atoms with E-state index < -0.39 is 18.0 Å². The minimum absolute atomic E-state index is 0.0136. The first-order chi connectivity index (χ1) is 21.1. The smallest absolute Gasteiger partial charge is 0.282 e. The zero-order valence-electron chi connectivity index (χ0n) is 27.8. The molecule has 0 saturated heterocycles. The minimum Gasteiger partial charge on any atom is -0.282 e. The maximum Gasteiger partial charge on any atom is 0.295 e. The highest BCUT2D eigenvalue weighted by molar-refractivity contribution is 7.88. The van der Waals surface area contributed by atoms with Crippen LogP contribution in [0.1, 0.15) is 133 Å². The molecule has 0 aliphatic heterocycles. The zero-order chi connectivity index (χ0) is 32.1. The van der Waals surface area contributed by atoms with E-state index in [9.17, 15) is 13.0 Å². The van der Waals surface area contributed by atoms with Gasteiger partial charge >= 0.3 is 0 Å². The predicted molar refractivity (Wildman–Crippen MR) is 193 cm³/mol. The van der Waals surface area contributed by atoms with Crippen LogP contribution >= 0.6 is 7.92 Å². The molecule has 5 heteroatoms. The molecule has 3 rings (SSSR count). The number of unbranched alkanes of at least 4 members (excludes halogenated alkanes) is 8. The third-order valence-electron chi connectivity index (χ3n) is 8.49. The van der Waals surface area contributed by atoms with Gasteiger partial charge in [-0.1, -0.05) is 134 Å². The maximum absolute atomic E-state index is 12.7. The molecule has 0 saturated carbocycles. The molecular weight excluding hydrogens is 579 g/mol. The standard InChI is InChI=1S/C39H55O3PS/c1-7-9-11-13-14-15-17-21-33-25-27-37(35(29-33)31(5)6)43(38-22-18-19-23-39(38)44(40,41)42)36-26-24-32(20-16-12-10-8-2)28-34(36)30(3)4/h7,18-19,22-31H,1,8-17,20-21H2,2-6H3,(H,40,41,42). The van der Waals surface area contributed by atoms with Crippen molar-refractivity contribution in [2.24, 2.45) is 0 Å². The van der Waals surface area contributed by atoms with E-state index in [1.54, 1.807) is 12.1 Å². The zero-order valence-corrected chi connectivity index (χ0v) is 29.5. The predicted octanol–water partition coefficient (Wildman–Crippen LogP) is 10.1. The van der Waals surface area contributed by atoms with E-state index in [0.717, 1.165) is 19.3 Å². The van der Waals surface area contributed by atoms with Gasteiger partial charge in [-0.2, -0.15) is 8.42 Å². The molecule has 3 aromatic rings. The van der Waals surface area contributed by atoms with Crippen LogP contribution in [0.2, 0.25) is 0 Å². The topological polar surface area (TPSA) is 54.4 Å². The van der Waals surface area contributed by atoms with E-state index in [-0.39, 0.29) is 16.7 Å². The van der Waals surface area contributed by atoms with Gasteiger partial charge in [0.25, 0.3) is 10.1 Å². The summed E-state index contributed by atoms with van der Waals surface area (Å²) in [6.45, 7) is 15.0. The van der Waals surface area contributed by atoms with Gasteiger partial charge in [0.2, 0.25) is 0 Å². The van der Waals surface area contributed by atoms with Gasteiger partial charge in [0.15, 0.2) is 0 Å². The Kier molecular flexibility index (Phi) is 14.8. The summed E-state index contributed by atoms with van der Waals surface area (Å²) in [5.41, 5.74) is 5.22. The first-order valence-corrected chi connectivity index (χ1v) is 19.6. The molecule has 0 amide bonds. The van der Waals surface area contributed by atoms with Crippen LogP contribution in [-0.2, 0) is 23.0 Å². The maximum atomic E-state index is 12.7. The molecule has 0 aliphatic carbocycles. The Balaban J connectivity index is 2.10. The van der Waals surface area contributed by atoms with Crippen molar-refractivity contribution in [2.45, 2.75) is 128 Å². The van der Waals surface area contributed by atoms with Gasteiger partial charge in [-0.25, -0.2) is 0 Å². The molecule has 0 bridgehead atoms. The van der Waals surface area contributed by atoms with Gasteiger partial charge in [-0.3, -0.25) is 4.55 Å². The molecule has 3 nitrogen and oxygen atoms in total. The first-order valence-electron chi connectivity index (χ1n) is 16.8. The SMILES string of the molecule is C=CCCCCCCCc1ccc(P(c2ccc(CCCCCC)cc2C(C)C)c2ccccc2S(=O)(=O)O)c(C(C)C)c1. The fraction of sp³-hybridized carbons (Fsp3) is 0.487. The average molecular weight is 635 g/mol. The molecule has 3 aromatic carbocycles. The Hall–Kier alpha value is -2.26. The summed E-state index contributed by atoms with van der Waals surface area (Å²) in [6.07, 6.45) is 16.2. The quantitative estimate of drug-likeness (QED) is 0.0618. The number of benzene rings is 3. The lowest BCUT2D eigenvalue weighted by atomic mass is 9.97. The molecule has 1 unspecified atom stereocenters. The molecule has 44 heavy (non-hydrogen) atoms. The van der Waals surface area contributed by atoms with Gasteiger partial charge in [0.1, 0.15) is 4.90 Å². The number of rotatable bonds is 19. The monoisotopic (exact) mass is 634 g/mol. The van der Waals surface area contributed by atoms with E-state index in [0.29, 0.717) is 5.30 Å². The van der Waals surface area contributed by atoms with E-state index in [1.807, 2.05) is 18.2 Å². The summed E-state index contributed by atoms with van der Waals surface area (Å²) < 4.78 is 35.8. The van der Waals surface area contributed by atoms with Crippen molar-refractivity contribution in [3.63, 3.8) is 0 Å². The van der Waals surface area contributed by atoms with Crippen LogP contribution in [0.4, 0.5) is 0 Å². The van der Waals surface area contributed by atoms with Crippen molar-refractivity contribution in [1.29, 1.82) is 0 Å². The molecule has 0 spiro atoms. The van der Waals surface area contributed by atoms with Crippen LogP contribution in [-0.4, -0.2) is 13.0 Å². The third-order valence-corrected chi connectivity index (χ3v) is 12.2. The van der Waals surface area contributed by atoms with Crippen LogP contribution in [0.15, 0.2) is 78.2 Å². The fourth-order valence-corrected chi connectivity index (χ4v) is 10.1. The highest BCUT2D eigenvalue weighted by Gasteiger charge is 2.29. The largest absolute Gasteiger partial charge is 0.295 e. The Bertz CT molecular complexity index is 1440. The number of aryl methyl sites for hydroxylation is 2. The second kappa shape index (κ2) is 18.0. The fourth-order valence-electron chi connectivity index (χ4n) is 6.00. The summed E-state index contributed by atoms with van der Waals surface area (Å²) in [5.74, 6) is 0.545. The van der Waals surface area contributed by atoms with E-state index in [1.165, 1.54) is 90.7 Å². The highest BCUT2D eigenvalue weighted by Crippen LogP contribution is 2.41. The molecule has 0 aromatic heterocycles. The Labute approximate surface area is 270 Å². The van der Waals surface area contributed by atoms with Crippen molar-refractivity contribution in [3.05, 3.63) is 95.6 Å². The van der Waals surface area contributed by atoms with Crippen LogP contribution in [0.5, 0.6) is 0 Å². The molecule has 240 valence electrons.